The molecule has 0 unspecified atom stereocenters. The van der Waals surface area contributed by atoms with Crippen molar-refractivity contribution in [1.29, 1.82) is 0 Å². The third-order valence-corrected chi connectivity index (χ3v) is 4.00. The first-order chi connectivity index (χ1) is 10.0. The molecule has 5 heteroatoms. The maximum Gasteiger partial charge on any atom is 0.191 e. The van der Waals surface area contributed by atoms with E-state index in [9.17, 15) is 0 Å². The van der Waals surface area contributed by atoms with E-state index in [-0.39, 0.29) is 5.41 Å². The van der Waals surface area contributed by atoms with E-state index in [4.69, 9.17) is 4.74 Å². The Kier molecular flexibility index (Phi) is 7.43. The zero-order valence-electron chi connectivity index (χ0n) is 13.7. The summed E-state index contributed by atoms with van der Waals surface area (Å²) in [7, 11) is 3.49. The van der Waals surface area contributed by atoms with E-state index in [0.717, 1.165) is 30.6 Å². The van der Waals surface area contributed by atoms with Crippen molar-refractivity contribution in [2.24, 2.45) is 4.99 Å². The monoisotopic (exact) mass is 309 g/mol. The van der Waals surface area contributed by atoms with E-state index in [1.165, 1.54) is 5.56 Å². The van der Waals surface area contributed by atoms with Gasteiger partial charge in [0.15, 0.2) is 5.96 Å². The van der Waals surface area contributed by atoms with Gasteiger partial charge in [0, 0.05) is 31.3 Å². The highest BCUT2D eigenvalue weighted by molar-refractivity contribution is 7.98. The average molecular weight is 309 g/mol. The lowest BCUT2D eigenvalue weighted by Crippen LogP contribution is -2.44. The number of thioether (sulfide) groups is 1. The standard InChI is InChI=1S/C16H27N3OS/c1-16(2,13-6-8-14(20-4)9-7-13)12-19-15(17-3)18-10-11-21-5/h6-9H,10-12H2,1-5H3,(H2,17,18,19). The Morgan fingerprint density at radius 1 is 1.24 bits per heavy atom. The molecule has 21 heavy (non-hydrogen) atoms. The summed E-state index contributed by atoms with van der Waals surface area (Å²) in [6.07, 6.45) is 2.10. The smallest absolute Gasteiger partial charge is 0.191 e. The molecule has 0 aromatic heterocycles. The molecule has 1 rings (SSSR count). The van der Waals surface area contributed by atoms with Crippen molar-refractivity contribution in [2.45, 2.75) is 19.3 Å². The summed E-state index contributed by atoms with van der Waals surface area (Å²) in [6, 6.07) is 8.24. The Labute approximate surface area is 132 Å². The van der Waals surface area contributed by atoms with E-state index in [1.54, 1.807) is 14.2 Å². The van der Waals surface area contributed by atoms with Crippen molar-refractivity contribution in [3.05, 3.63) is 29.8 Å². The molecule has 1 aromatic rings. The fraction of sp³-hybridized carbons (Fsp3) is 0.562. The second kappa shape index (κ2) is 8.82. The molecule has 0 amide bonds. The molecule has 0 fully saturated rings. The number of benzene rings is 1. The highest BCUT2D eigenvalue weighted by atomic mass is 32.2. The van der Waals surface area contributed by atoms with Gasteiger partial charge in [-0.2, -0.15) is 11.8 Å². The molecule has 0 atom stereocenters. The van der Waals surface area contributed by atoms with Gasteiger partial charge in [-0.15, -0.1) is 0 Å². The van der Waals surface area contributed by atoms with Crippen LogP contribution in [0.15, 0.2) is 29.3 Å². The minimum atomic E-state index is 0.0173. The van der Waals surface area contributed by atoms with Crippen LogP contribution in [0, 0.1) is 0 Å². The number of methoxy groups -OCH3 is 1. The van der Waals surface area contributed by atoms with Crippen LogP contribution in [0.25, 0.3) is 0 Å². The zero-order valence-corrected chi connectivity index (χ0v) is 14.5. The predicted molar refractivity (Wildman–Crippen MR) is 93.8 cm³/mol. The van der Waals surface area contributed by atoms with Crippen LogP contribution in [0.1, 0.15) is 19.4 Å². The quantitative estimate of drug-likeness (QED) is 0.461. The SMILES string of the molecule is CN=C(NCCSC)NCC(C)(C)c1ccc(OC)cc1. The molecule has 0 aliphatic rings. The van der Waals surface area contributed by atoms with Crippen molar-refractivity contribution in [3.8, 4) is 5.75 Å². The summed E-state index contributed by atoms with van der Waals surface area (Å²) in [4.78, 5) is 4.25. The van der Waals surface area contributed by atoms with Gasteiger partial charge in [0.2, 0.25) is 0 Å². The van der Waals surface area contributed by atoms with Crippen LogP contribution in [-0.2, 0) is 5.41 Å². The van der Waals surface area contributed by atoms with Gasteiger partial charge < -0.3 is 15.4 Å². The molecule has 1 aromatic carbocycles. The number of rotatable bonds is 7. The van der Waals surface area contributed by atoms with Crippen molar-refractivity contribution in [2.75, 3.05) is 39.3 Å². The Hall–Kier alpha value is -1.36. The predicted octanol–water partition coefficient (Wildman–Crippen LogP) is 2.50. The minimum Gasteiger partial charge on any atom is -0.497 e. The largest absolute Gasteiger partial charge is 0.497 e. The molecule has 0 radical (unpaired) electrons. The Bertz CT molecular complexity index is 443. The second-order valence-corrected chi connectivity index (χ2v) is 6.44. The molecule has 0 spiro atoms. The van der Waals surface area contributed by atoms with E-state index >= 15 is 0 Å². The van der Waals surface area contributed by atoms with Crippen molar-refractivity contribution >= 4 is 17.7 Å². The van der Waals surface area contributed by atoms with E-state index in [1.807, 2.05) is 23.9 Å². The number of guanidine groups is 1. The van der Waals surface area contributed by atoms with E-state index in [0.29, 0.717) is 0 Å². The fourth-order valence-corrected chi connectivity index (χ4v) is 2.25. The van der Waals surface area contributed by atoms with E-state index < -0.39 is 0 Å². The molecular weight excluding hydrogens is 282 g/mol. The summed E-state index contributed by atoms with van der Waals surface area (Å²) in [5.74, 6) is 2.81. The maximum atomic E-state index is 5.21. The fourth-order valence-electron chi connectivity index (χ4n) is 1.94. The minimum absolute atomic E-state index is 0.0173. The molecule has 4 nitrogen and oxygen atoms in total. The molecule has 0 aliphatic carbocycles. The normalized spacial score (nSPS) is 12.1. The van der Waals surface area contributed by atoms with Gasteiger partial charge in [-0.3, -0.25) is 4.99 Å². The number of nitrogens with one attached hydrogen (secondary N) is 2. The number of hydrogen-bond acceptors (Lipinski definition) is 3. The molecule has 0 saturated heterocycles. The first kappa shape index (κ1) is 17.7. The Morgan fingerprint density at radius 2 is 1.90 bits per heavy atom. The lowest BCUT2D eigenvalue weighted by atomic mass is 9.84. The van der Waals surface area contributed by atoms with Gasteiger partial charge in [0.25, 0.3) is 0 Å². The summed E-state index contributed by atoms with van der Waals surface area (Å²) >= 11 is 1.82. The van der Waals surface area contributed by atoms with Crippen molar-refractivity contribution < 1.29 is 4.74 Å². The molecule has 0 aliphatic heterocycles. The third kappa shape index (κ3) is 5.87. The first-order valence-corrected chi connectivity index (χ1v) is 8.51. The van der Waals surface area contributed by atoms with Crippen LogP contribution in [0.2, 0.25) is 0 Å². The maximum absolute atomic E-state index is 5.21. The number of nitrogens with zero attached hydrogens (tertiary/aromatic N) is 1. The van der Waals surface area contributed by atoms with Gasteiger partial charge in [0.05, 0.1) is 7.11 Å². The molecule has 0 heterocycles. The number of hydrogen-bond donors (Lipinski definition) is 2. The van der Waals surface area contributed by atoms with Crippen molar-refractivity contribution in [1.82, 2.24) is 10.6 Å². The van der Waals surface area contributed by atoms with Crippen LogP contribution < -0.4 is 15.4 Å². The molecule has 0 bridgehead atoms. The van der Waals surface area contributed by atoms with Gasteiger partial charge in [-0.25, -0.2) is 0 Å². The summed E-state index contributed by atoms with van der Waals surface area (Å²) in [5, 5.41) is 6.70. The van der Waals surface area contributed by atoms with Gasteiger partial charge in [-0.1, -0.05) is 26.0 Å². The van der Waals surface area contributed by atoms with Gasteiger partial charge in [0.1, 0.15) is 5.75 Å². The van der Waals surface area contributed by atoms with Crippen LogP contribution in [-0.4, -0.2) is 45.2 Å². The van der Waals surface area contributed by atoms with Crippen LogP contribution in [0.4, 0.5) is 0 Å². The van der Waals surface area contributed by atoms with E-state index in [2.05, 4.69) is 47.9 Å². The summed E-state index contributed by atoms with van der Waals surface area (Å²) in [6.45, 7) is 6.18. The average Bonchev–Trinajstić information content (AvgIpc) is 2.50. The highest BCUT2D eigenvalue weighted by Gasteiger charge is 2.20. The number of ether oxygens (including phenoxy) is 1. The topological polar surface area (TPSA) is 45.7 Å². The Balaban J connectivity index is 2.57. The summed E-state index contributed by atoms with van der Waals surface area (Å²) in [5.41, 5.74) is 1.29. The highest BCUT2D eigenvalue weighted by Crippen LogP contribution is 2.24. The molecule has 0 saturated carbocycles. The molecule has 118 valence electrons. The van der Waals surface area contributed by atoms with Gasteiger partial charge in [-0.05, 0) is 24.0 Å². The number of aliphatic imine (C=N–C) groups is 1. The first-order valence-electron chi connectivity index (χ1n) is 7.11. The molecular formula is C16H27N3OS. The van der Waals surface area contributed by atoms with Crippen molar-refractivity contribution in [3.63, 3.8) is 0 Å². The van der Waals surface area contributed by atoms with Gasteiger partial charge >= 0.3 is 0 Å². The lowest BCUT2D eigenvalue weighted by molar-refractivity contribution is 0.414. The van der Waals surface area contributed by atoms with Crippen LogP contribution >= 0.6 is 11.8 Å². The van der Waals surface area contributed by atoms with Crippen LogP contribution in [0.5, 0.6) is 5.75 Å². The summed E-state index contributed by atoms with van der Waals surface area (Å²) < 4.78 is 5.21. The second-order valence-electron chi connectivity index (χ2n) is 5.46. The van der Waals surface area contributed by atoms with Crippen LogP contribution in [0.3, 0.4) is 0 Å². The third-order valence-electron chi connectivity index (χ3n) is 3.39. The Morgan fingerprint density at radius 3 is 2.43 bits per heavy atom. The zero-order chi connectivity index (χ0) is 15.7. The lowest BCUT2D eigenvalue weighted by Gasteiger charge is -2.27. The molecule has 2 N–H and O–H groups in total.